The molecule has 278 valence electrons. The van der Waals surface area contributed by atoms with Gasteiger partial charge in [0.05, 0.1) is 11.3 Å². The molecule has 3 aromatic carbocycles. The van der Waals surface area contributed by atoms with Crippen LogP contribution in [-0.4, -0.2) is 42.3 Å². The third-order valence-electron chi connectivity index (χ3n) is 9.96. The van der Waals surface area contributed by atoms with E-state index in [1.807, 2.05) is 0 Å². The first kappa shape index (κ1) is 36.4. The molecule has 0 bridgehead atoms. The number of amides is 3. The second kappa shape index (κ2) is 14.8. The number of nitrogens with one attached hydrogen (secondary N) is 2. The Morgan fingerprint density at radius 3 is 2.22 bits per heavy atom. The molecule has 54 heavy (non-hydrogen) atoms. The number of halogens is 4. The zero-order valence-corrected chi connectivity index (χ0v) is 29.6. The highest BCUT2D eigenvalue weighted by atomic mass is 19.1. The minimum absolute atomic E-state index is 0.0701. The first-order valence-electron chi connectivity index (χ1n) is 17.8. The molecule has 0 spiro atoms. The van der Waals surface area contributed by atoms with E-state index in [1.165, 1.54) is 29.2 Å². The summed E-state index contributed by atoms with van der Waals surface area (Å²) in [5, 5.41) is 4.99. The minimum Gasteiger partial charge on any atom is -0.451 e. The Hall–Kier alpha value is -5.98. The molecule has 0 radical (unpaired) electrons. The predicted molar refractivity (Wildman–Crippen MR) is 197 cm³/mol. The van der Waals surface area contributed by atoms with Crippen molar-refractivity contribution in [3.8, 4) is 11.3 Å². The van der Waals surface area contributed by atoms with E-state index in [0.29, 0.717) is 40.3 Å². The van der Waals surface area contributed by atoms with Crippen LogP contribution in [0, 0.1) is 28.7 Å². The number of carbonyl (C=O) groups excluding carboxylic acids is 3. The maximum atomic E-state index is 14.7. The summed E-state index contributed by atoms with van der Waals surface area (Å²) >= 11 is 0. The standard InChI is InChI=1S/C41H37F4N5O4/c1-3-14-41(15-4-2)22-49(23-41)37-30(6-5-16-46-37)38(51)47-28-10-7-24(8-11-28)40(53)50-17-13-25-18-34(54-36(25)29-12-9-26(42)21-33(29)50)39(52)48-35-31(44)19-27(43)20-32(35)45/h5-12,16,18-21H,3-4,13-15,17,22-23H2,1-2H3,(H,47,51)(H,48,52). The van der Waals surface area contributed by atoms with Crippen LogP contribution in [0.2, 0.25) is 0 Å². The quantitative estimate of drug-likeness (QED) is 0.139. The number of rotatable bonds is 10. The molecule has 2 aliphatic heterocycles. The number of furan rings is 1. The third kappa shape index (κ3) is 7.05. The van der Waals surface area contributed by atoms with Gasteiger partial charge in [-0.3, -0.25) is 14.4 Å². The molecule has 1 fully saturated rings. The lowest BCUT2D eigenvalue weighted by Gasteiger charge is -2.51. The van der Waals surface area contributed by atoms with Crippen molar-refractivity contribution in [2.24, 2.45) is 5.41 Å². The number of anilines is 4. The van der Waals surface area contributed by atoms with Crippen LogP contribution in [0.25, 0.3) is 11.3 Å². The summed E-state index contributed by atoms with van der Waals surface area (Å²) in [7, 11) is 0. The van der Waals surface area contributed by atoms with Gasteiger partial charge in [-0.05, 0) is 79.9 Å². The first-order chi connectivity index (χ1) is 26.0. The highest BCUT2D eigenvalue weighted by molar-refractivity contribution is 6.10. The van der Waals surface area contributed by atoms with E-state index >= 15 is 0 Å². The van der Waals surface area contributed by atoms with Gasteiger partial charge < -0.3 is 24.9 Å². The maximum absolute atomic E-state index is 14.7. The molecule has 7 rings (SSSR count). The van der Waals surface area contributed by atoms with Crippen LogP contribution in [0.1, 0.15) is 76.4 Å². The van der Waals surface area contributed by atoms with Crippen LogP contribution in [-0.2, 0) is 6.42 Å². The van der Waals surface area contributed by atoms with Gasteiger partial charge in [0.1, 0.15) is 28.9 Å². The average Bonchev–Trinajstić information content (AvgIpc) is 3.50. The van der Waals surface area contributed by atoms with Gasteiger partial charge in [-0.2, -0.15) is 0 Å². The van der Waals surface area contributed by atoms with Crippen molar-refractivity contribution in [2.75, 3.05) is 40.1 Å². The Labute approximate surface area is 309 Å². The van der Waals surface area contributed by atoms with Crippen molar-refractivity contribution in [3.05, 3.63) is 125 Å². The van der Waals surface area contributed by atoms with Gasteiger partial charge >= 0.3 is 0 Å². The Bertz CT molecular complexity index is 2220. The van der Waals surface area contributed by atoms with E-state index in [1.54, 1.807) is 42.6 Å². The molecule has 3 amide bonds. The lowest BCUT2D eigenvalue weighted by atomic mass is 9.72. The van der Waals surface area contributed by atoms with Crippen LogP contribution < -0.4 is 20.4 Å². The molecule has 2 N–H and O–H groups in total. The molecular weight excluding hydrogens is 702 g/mol. The summed E-state index contributed by atoms with van der Waals surface area (Å²) in [6.07, 6.45) is 6.33. The molecule has 1 saturated heterocycles. The maximum Gasteiger partial charge on any atom is 0.291 e. The summed E-state index contributed by atoms with van der Waals surface area (Å²) < 4.78 is 62.3. The molecule has 13 heteroatoms. The zero-order valence-electron chi connectivity index (χ0n) is 29.6. The first-order valence-corrected chi connectivity index (χ1v) is 17.8. The number of nitrogens with zero attached hydrogens (tertiary/aromatic N) is 3. The van der Waals surface area contributed by atoms with Gasteiger partial charge in [0.15, 0.2) is 17.4 Å². The summed E-state index contributed by atoms with van der Waals surface area (Å²) in [6.45, 7) is 6.15. The molecule has 5 aromatic rings. The van der Waals surface area contributed by atoms with E-state index < -0.39 is 40.8 Å². The van der Waals surface area contributed by atoms with E-state index in [9.17, 15) is 31.9 Å². The highest BCUT2D eigenvalue weighted by Crippen LogP contribution is 2.43. The summed E-state index contributed by atoms with van der Waals surface area (Å²) in [5.41, 5.74) is 1.59. The third-order valence-corrected chi connectivity index (χ3v) is 9.96. The SMILES string of the molecule is CCCC1(CCC)CN(c2ncccc2C(=O)Nc2ccc(C(=O)N3CCc4cc(C(=O)Nc5c(F)cc(F)cc5F)oc4-c4ccc(F)cc43)cc2)C1. The average molecular weight is 740 g/mol. The summed E-state index contributed by atoms with van der Waals surface area (Å²) in [4.78, 5) is 48.5. The number of hydrogen-bond acceptors (Lipinski definition) is 6. The Morgan fingerprint density at radius 1 is 0.833 bits per heavy atom. The minimum atomic E-state index is -1.30. The number of carbonyl (C=O) groups is 3. The van der Waals surface area contributed by atoms with E-state index in [-0.39, 0.29) is 47.1 Å². The number of fused-ring (bicyclic) bond motifs is 3. The van der Waals surface area contributed by atoms with Crippen molar-refractivity contribution in [3.63, 3.8) is 0 Å². The molecule has 2 aliphatic rings. The Kier molecular flexibility index (Phi) is 9.97. The number of aromatic nitrogens is 1. The number of benzene rings is 3. The van der Waals surface area contributed by atoms with Gasteiger partial charge in [0.2, 0.25) is 0 Å². The molecule has 4 heterocycles. The van der Waals surface area contributed by atoms with Crippen molar-refractivity contribution in [2.45, 2.75) is 46.0 Å². The zero-order chi connectivity index (χ0) is 38.1. The summed E-state index contributed by atoms with van der Waals surface area (Å²) in [6, 6.07) is 15.9. The Balaban J connectivity index is 1.07. The predicted octanol–water partition coefficient (Wildman–Crippen LogP) is 9.01. The topological polar surface area (TPSA) is 108 Å². The van der Waals surface area contributed by atoms with Crippen molar-refractivity contribution >= 4 is 40.6 Å². The van der Waals surface area contributed by atoms with Crippen LogP contribution in [0.4, 0.5) is 40.4 Å². The van der Waals surface area contributed by atoms with Gasteiger partial charge in [-0.15, -0.1) is 0 Å². The fraction of sp³-hybridized carbons (Fsp3) is 0.268. The van der Waals surface area contributed by atoms with Gasteiger partial charge in [0, 0.05) is 65.8 Å². The van der Waals surface area contributed by atoms with Crippen molar-refractivity contribution < 1.29 is 36.4 Å². The fourth-order valence-corrected chi connectivity index (χ4v) is 7.57. The summed E-state index contributed by atoms with van der Waals surface area (Å²) in [5.74, 6) is -5.60. The Morgan fingerprint density at radius 2 is 1.54 bits per heavy atom. The van der Waals surface area contributed by atoms with Gasteiger partial charge in [0.25, 0.3) is 17.7 Å². The molecule has 0 atom stereocenters. The van der Waals surface area contributed by atoms with Crippen LogP contribution >= 0.6 is 0 Å². The molecule has 0 saturated carbocycles. The fourth-order valence-electron chi connectivity index (χ4n) is 7.57. The van der Waals surface area contributed by atoms with Crippen molar-refractivity contribution in [1.29, 1.82) is 0 Å². The van der Waals surface area contributed by atoms with Crippen LogP contribution in [0.15, 0.2) is 83.4 Å². The molecule has 9 nitrogen and oxygen atoms in total. The molecular formula is C41H37F4N5O4. The normalized spacial score (nSPS) is 14.4. The molecule has 0 unspecified atom stereocenters. The molecule has 2 aromatic heterocycles. The lowest BCUT2D eigenvalue weighted by Crippen LogP contribution is -2.57. The number of pyridine rings is 1. The largest absolute Gasteiger partial charge is 0.451 e. The number of hydrogen-bond donors (Lipinski definition) is 2. The van der Waals surface area contributed by atoms with E-state index in [0.717, 1.165) is 38.8 Å². The lowest BCUT2D eigenvalue weighted by molar-refractivity contribution is 0.0982. The monoisotopic (exact) mass is 739 g/mol. The smallest absolute Gasteiger partial charge is 0.291 e. The van der Waals surface area contributed by atoms with Crippen LogP contribution in [0.5, 0.6) is 0 Å². The van der Waals surface area contributed by atoms with E-state index in [4.69, 9.17) is 4.42 Å². The highest BCUT2D eigenvalue weighted by Gasteiger charge is 2.43. The van der Waals surface area contributed by atoms with Gasteiger partial charge in [-0.1, -0.05) is 26.7 Å². The van der Waals surface area contributed by atoms with Crippen molar-refractivity contribution in [1.82, 2.24) is 4.98 Å². The second-order valence-corrected chi connectivity index (χ2v) is 13.8. The molecule has 0 aliphatic carbocycles. The van der Waals surface area contributed by atoms with E-state index in [2.05, 4.69) is 34.4 Å². The van der Waals surface area contributed by atoms with Gasteiger partial charge in [-0.25, -0.2) is 22.5 Å². The van der Waals surface area contributed by atoms with Crippen LogP contribution in [0.3, 0.4) is 0 Å². The second-order valence-electron chi connectivity index (χ2n) is 13.8.